The predicted molar refractivity (Wildman–Crippen MR) is 120 cm³/mol. The molecule has 0 aliphatic carbocycles. The second-order valence-corrected chi connectivity index (χ2v) is 9.13. The first-order chi connectivity index (χ1) is 14.6. The number of furan rings is 1. The Hall–Kier alpha value is -2.57. The molecule has 5 nitrogen and oxygen atoms in total. The second kappa shape index (κ2) is 9.49. The maximum atomic E-state index is 12.8. The van der Waals surface area contributed by atoms with Gasteiger partial charge in [0.25, 0.3) is 5.91 Å². The summed E-state index contributed by atoms with van der Waals surface area (Å²) in [6, 6.07) is 21.0. The van der Waals surface area contributed by atoms with Crippen LogP contribution < -0.4 is 4.90 Å². The minimum atomic E-state index is -1.14. The minimum Gasteiger partial charge on any atom is -0.455 e. The first kappa shape index (κ1) is 20.7. The molecule has 0 N–H and O–H groups in total. The summed E-state index contributed by atoms with van der Waals surface area (Å²) in [5.41, 5.74) is 2.09. The van der Waals surface area contributed by atoms with Gasteiger partial charge in [-0.15, -0.1) is 0 Å². The lowest BCUT2D eigenvalue weighted by molar-refractivity contribution is 0.0713. The molecule has 1 aliphatic heterocycles. The van der Waals surface area contributed by atoms with Crippen LogP contribution in [0.1, 0.15) is 21.9 Å². The van der Waals surface area contributed by atoms with Crippen molar-refractivity contribution in [1.29, 1.82) is 0 Å². The van der Waals surface area contributed by atoms with E-state index in [0.29, 0.717) is 35.4 Å². The van der Waals surface area contributed by atoms with Crippen molar-refractivity contribution < 1.29 is 13.4 Å². The van der Waals surface area contributed by atoms with Crippen molar-refractivity contribution in [2.45, 2.75) is 11.5 Å². The average Bonchev–Trinajstić information content (AvgIpc) is 3.22. The third-order valence-corrected chi connectivity index (χ3v) is 6.58. The molecule has 1 amide bonds. The third kappa shape index (κ3) is 5.12. The van der Waals surface area contributed by atoms with Crippen LogP contribution in [0, 0.1) is 0 Å². The average molecular weight is 443 g/mol. The van der Waals surface area contributed by atoms with Crippen molar-refractivity contribution in [2.24, 2.45) is 0 Å². The highest BCUT2D eigenvalue weighted by Gasteiger charge is 2.24. The van der Waals surface area contributed by atoms with E-state index >= 15 is 0 Å². The number of hydrogen-bond donors (Lipinski definition) is 0. The van der Waals surface area contributed by atoms with E-state index in [1.54, 1.807) is 18.2 Å². The third-order valence-electron chi connectivity index (χ3n) is 5.08. The van der Waals surface area contributed by atoms with Gasteiger partial charge < -0.3 is 14.2 Å². The molecule has 2 heterocycles. The lowest BCUT2D eigenvalue weighted by atomic mass is 10.2. The second-order valence-electron chi connectivity index (χ2n) is 7.24. The first-order valence-electron chi connectivity index (χ1n) is 9.86. The number of para-hydroxylation sites is 1. The van der Waals surface area contributed by atoms with Gasteiger partial charge in [-0.05, 0) is 42.0 Å². The Morgan fingerprint density at radius 2 is 1.70 bits per heavy atom. The molecule has 0 saturated carbocycles. The molecule has 1 saturated heterocycles. The summed E-state index contributed by atoms with van der Waals surface area (Å²) in [4.78, 5) is 16.9. The number of hydrogen-bond acceptors (Lipinski definition) is 4. The van der Waals surface area contributed by atoms with Gasteiger partial charge in [0.2, 0.25) is 0 Å². The van der Waals surface area contributed by atoms with Gasteiger partial charge in [0.1, 0.15) is 5.76 Å². The molecule has 30 heavy (non-hydrogen) atoms. The van der Waals surface area contributed by atoms with Crippen LogP contribution in [0.2, 0.25) is 5.02 Å². The van der Waals surface area contributed by atoms with Crippen molar-refractivity contribution in [3.05, 3.63) is 88.8 Å². The molecule has 0 spiro atoms. The van der Waals surface area contributed by atoms with Crippen LogP contribution in [0.25, 0.3) is 0 Å². The first-order valence-corrected chi connectivity index (χ1v) is 11.7. The molecule has 0 radical (unpaired) electrons. The van der Waals surface area contributed by atoms with Gasteiger partial charge in [-0.2, -0.15) is 0 Å². The lowest BCUT2D eigenvalue weighted by Crippen LogP contribution is -2.48. The number of carbonyl (C=O) groups excluding carboxylic acids is 1. The van der Waals surface area contributed by atoms with Crippen molar-refractivity contribution >= 4 is 34.0 Å². The molecule has 1 aromatic heterocycles. The highest BCUT2D eigenvalue weighted by molar-refractivity contribution is 7.83. The minimum absolute atomic E-state index is 0.116. The number of halogens is 1. The quantitative estimate of drug-likeness (QED) is 0.569. The van der Waals surface area contributed by atoms with E-state index < -0.39 is 10.8 Å². The number of nitrogens with zero attached hydrogens (tertiary/aromatic N) is 2. The molecule has 4 rings (SSSR count). The molecule has 3 aromatic rings. The number of piperazine rings is 1. The van der Waals surface area contributed by atoms with Gasteiger partial charge in [0.05, 0.1) is 5.75 Å². The molecular weight excluding hydrogens is 420 g/mol. The summed E-state index contributed by atoms with van der Waals surface area (Å²) in [5, 5.41) is 0.628. The normalized spacial score (nSPS) is 15.2. The topological polar surface area (TPSA) is 53.8 Å². The van der Waals surface area contributed by atoms with Crippen molar-refractivity contribution in [3.8, 4) is 0 Å². The van der Waals surface area contributed by atoms with Crippen LogP contribution in [-0.2, 0) is 22.3 Å². The summed E-state index contributed by atoms with van der Waals surface area (Å²) in [7, 11) is -1.14. The number of anilines is 1. The molecule has 1 aliphatic rings. The van der Waals surface area contributed by atoms with E-state index in [-0.39, 0.29) is 11.7 Å². The Kier molecular flexibility index (Phi) is 6.55. The maximum absolute atomic E-state index is 12.8. The predicted octanol–water partition coefficient (Wildman–Crippen LogP) is 4.34. The van der Waals surface area contributed by atoms with Crippen LogP contribution in [0.5, 0.6) is 0 Å². The summed E-state index contributed by atoms with van der Waals surface area (Å²) in [6.07, 6.45) is 0. The Balaban J connectivity index is 1.31. The summed E-state index contributed by atoms with van der Waals surface area (Å²) in [6.45, 7) is 2.86. The van der Waals surface area contributed by atoms with Gasteiger partial charge >= 0.3 is 0 Å². The number of rotatable bonds is 6. The zero-order valence-corrected chi connectivity index (χ0v) is 18.1. The summed E-state index contributed by atoms with van der Waals surface area (Å²) >= 11 is 5.98. The SMILES string of the molecule is O=C(c1ccc(C[S@](=O)Cc2cccc(Cl)c2)o1)N1CCN(c2ccccc2)CC1. The number of amides is 1. The van der Waals surface area contributed by atoms with Crippen molar-refractivity contribution in [2.75, 3.05) is 31.1 Å². The van der Waals surface area contributed by atoms with Crippen LogP contribution in [0.4, 0.5) is 5.69 Å². The largest absolute Gasteiger partial charge is 0.455 e. The van der Waals surface area contributed by atoms with Gasteiger partial charge in [-0.1, -0.05) is 41.9 Å². The van der Waals surface area contributed by atoms with E-state index in [9.17, 15) is 9.00 Å². The summed E-state index contributed by atoms with van der Waals surface area (Å²) in [5.74, 6) is 1.40. The Labute approximate surface area is 183 Å². The van der Waals surface area contributed by atoms with Crippen LogP contribution in [-0.4, -0.2) is 41.2 Å². The Morgan fingerprint density at radius 1 is 0.933 bits per heavy atom. The van der Waals surface area contributed by atoms with E-state index in [1.807, 2.05) is 41.3 Å². The fraction of sp³-hybridized carbons (Fsp3) is 0.261. The van der Waals surface area contributed by atoms with Gasteiger partial charge in [0.15, 0.2) is 5.76 Å². The van der Waals surface area contributed by atoms with Gasteiger partial charge in [-0.3, -0.25) is 9.00 Å². The molecule has 156 valence electrons. The monoisotopic (exact) mass is 442 g/mol. The number of carbonyl (C=O) groups is 1. The zero-order chi connectivity index (χ0) is 20.9. The lowest BCUT2D eigenvalue weighted by Gasteiger charge is -2.35. The maximum Gasteiger partial charge on any atom is 0.289 e. The molecule has 1 fully saturated rings. The molecule has 0 unspecified atom stereocenters. The van der Waals surface area contributed by atoms with E-state index in [0.717, 1.165) is 18.7 Å². The highest BCUT2D eigenvalue weighted by Crippen LogP contribution is 2.19. The summed E-state index contributed by atoms with van der Waals surface area (Å²) < 4.78 is 18.2. The van der Waals surface area contributed by atoms with Gasteiger partial charge in [-0.25, -0.2) is 0 Å². The van der Waals surface area contributed by atoms with Crippen LogP contribution >= 0.6 is 11.6 Å². The number of benzene rings is 2. The molecule has 1 atom stereocenters. The smallest absolute Gasteiger partial charge is 0.289 e. The molecule has 7 heteroatoms. The molecule has 2 aromatic carbocycles. The van der Waals surface area contributed by atoms with E-state index in [2.05, 4.69) is 17.0 Å². The fourth-order valence-electron chi connectivity index (χ4n) is 3.56. The van der Waals surface area contributed by atoms with Crippen molar-refractivity contribution in [3.63, 3.8) is 0 Å². The Morgan fingerprint density at radius 3 is 2.43 bits per heavy atom. The van der Waals surface area contributed by atoms with Crippen LogP contribution in [0.3, 0.4) is 0 Å². The highest BCUT2D eigenvalue weighted by atomic mass is 35.5. The van der Waals surface area contributed by atoms with E-state index in [4.69, 9.17) is 16.0 Å². The van der Waals surface area contributed by atoms with E-state index in [1.165, 1.54) is 5.69 Å². The standard InChI is InChI=1S/C23H23ClN2O3S/c24-19-6-4-5-18(15-19)16-30(28)17-21-9-10-22(29-21)23(27)26-13-11-25(12-14-26)20-7-2-1-3-8-20/h1-10,15H,11-14,16-17H2/t30-/m1/s1. The zero-order valence-electron chi connectivity index (χ0n) is 16.5. The van der Waals surface area contributed by atoms with Crippen molar-refractivity contribution in [1.82, 2.24) is 4.90 Å². The Bertz CT molecular complexity index is 1030. The van der Waals surface area contributed by atoms with Gasteiger partial charge in [0, 0.05) is 53.4 Å². The van der Waals surface area contributed by atoms with Crippen LogP contribution in [0.15, 0.2) is 71.1 Å². The molecular formula is C23H23ClN2O3S. The molecule has 0 bridgehead atoms. The fourth-order valence-corrected chi connectivity index (χ4v) is 4.89.